The number of hydrogen-bond acceptors (Lipinski definition) is 10. The number of esters is 3. The zero-order valence-corrected chi connectivity index (χ0v) is 44.3. The molecule has 0 aromatic heterocycles. The van der Waals surface area contributed by atoms with Crippen molar-refractivity contribution < 1.29 is 52.2 Å². The van der Waals surface area contributed by atoms with Crippen LogP contribution in [0.3, 0.4) is 0 Å². The number of ether oxygens (including phenoxy) is 3. The summed E-state index contributed by atoms with van der Waals surface area (Å²) in [6, 6.07) is 0. The lowest BCUT2D eigenvalue weighted by Gasteiger charge is -2.21. The predicted octanol–water partition coefficient (Wildman–Crippen LogP) is 15.2. The van der Waals surface area contributed by atoms with Crippen LogP contribution in [0.25, 0.3) is 0 Å². The van der Waals surface area contributed by atoms with Crippen molar-refractivity contribution in [2.24, 2.45) is 0 Å². The van der Waals surface area contributed by atoms with Crippen molar-refractivity contribution in [1.29, 1.82) is 0 Å². The number of hydrogen-bond donors (Lipinski definition) is 2. The topological polar surface area (TPSA) is 155 Å². The molecule has 12 heteroatoms. The highest BCUT2D eigenvalue weighted by Gasteiger charge is 2.28. The van der Waals surface area contributed by atoms with Gasteiger partial charge in [-0.1, -0.05) is 181 Å². The van der Waals surface area contributed by atoms with Gasteiger partial charge in [0.05, 0.1) is 19.8 Å². The molecule has 3 unspecified atom stereocenters. The standard InChI is InChI=1S/C58H93O11P/c1-4-7-10-13-16-19-22-25-27-30-33-36-39-42-45-48-57(61)68-54(50-59)52-66-70(63,64)67-53-55(51-65-56(60)47-44-41-38-35-32-29-24-21-18-15-12-9-6-3)69-58(62)49-46-43-40-37-34-31-28-26-23-20-17-14-11-8-5-2/h7-12,16-21,25-29,32,38,41,54-55,59H,4-6,13-15,22-24,30-31,33-37,39-40,42-53H2,1-3H3,(H,63,64)/b10-7-,11-8-,12-9-,19-16-,20-17-,21-18-,27-25-,28-26-,32-29-,41-38-. The minimum absolute atomic E-state index is 0.0939. The summed E-state index contributed by atoms with van der Waals surface area (Å²) in [6.07, 6.45) is 61.8. The number of aliphatic hydroxyl groups is 1. The molecule has 2 N–H and O–H groups in total. The summed E-state index contributed by atoms with van der Waals surface area (Å²) in [5.74, 6) is -1.62. The molecule has 0 heterocycles. The van der Waals surface area contributed by atoms with Gasteiger partial charge in [0, 0.05) is 19.3 Å². The third kappa shape index (κ3) is 48.9. The molecule has 11 nitrogen and oxygen atoms in total. The number of carbonyl (C=O) groups is 3. The van der Waals surface area contributed by atoms with Crippen molar-refractivity contribution in [3.63, 3.8) is 0 Å². The summed E-state index contributed by atoms with van der Waals surface area (Å²) >= 11 is 0. The van der Waals surface area contributed by atoms with Crippen LogP contribution in [0, 0.1) is 0 Å². The SMILES string of the molecule is CC/C=C\C/C=C\C/C=C\C/C=C\CCC(=O)OCC(COP(=O)(O)OCC(CO)OC(=O)CCCCCCC/C=C\C/C=C\C/C=C\CC)OC(=O)CCCCCCC/C=C\C/C=C\C/C=C\CC. The fourth-order valence-corrected chi connectivity index (χ4v) is 7.24. The fourth-order valence-electron chi connectivity index (χ4n) is 6.46. The van der Waals surface area contributed by atoms with E-state index in [1.54, 1.807) is 0 Å². The van der Waals surface area contributed by atoms with E-state index in [9.17, 15) is 28.9 Å². The van der Waals surface area contributed by atoms with E-state index >= 15 is 0 Å². The van der Waals surface area contributed by atoms with Crippen molar-refractivity contribution in [1.82, 2.24) is 0 Å². The molecule has 0 bridgehead atoms. The minimum atomic E-state index is -4.77. The van der Waals surface area contributed by atoms with Gasteiger partial charge in [0.1, 0.15) is 12.7 Å². The second-order valence-corrected chi connectivity index (χ2v) is 18.3. The summed E-state index contributed by atoms with van der Waals surface area (Å²) in [5, 5.41) is 9.79. The van der Waals surface area contributed by atoms with Crippen LogP contribution in [-0.4, -0.2) is 66.5 Å². The molecule has 0 aliphatic heterocycles. The smallest absolute Gasteiger partial charge is 0.462 e. The van der Waals surface area contributed by atoms with E-state index in [0.717, 1.165) is 128 Å². The fraction of sp³-hybridized carbons (Fsp3) is 0.603. The lowest BCUT2D eigenvalue weighted by Crippen LogP contribution is -2.30. The number of phosphoric acid groups is 1. The van der Waals surface area contributed by atoms with Crippen LogP contribution in [0.1, 0.15) is 188 Å². The Balaban J connectivity index is 4.86. The van der Waals surface area contributed by atoms with E-state index < -0.39 is 57.8 Å². The van der Waals surface area contributed by atoms with Gasteiger partial charge >= 0.3 is 25.7 Å². The first-order valence-corrected chi connectivity index (χ1v) is 27.9. The van der Waals surface area contributed by atoms with E-state index in [1.807, 2.05) is 12.2 Å². The number of aliphatic hydroxyl groups excluding tert-OH is 1. The van der Waals surface area contributed by atoms with Gasteiger partial charge in [-0.05, 0) is 109 Å². The van der Waals surface area contributed by atoms with E-state index in [2.05, 4.69) is 130 Å². The van der Waals surface area contributed by atoms with Gasteiger partial charge in [0.2, 0.25) is 0 Å². The van der Waals surface area contributed by atoms with Gasteiger partial charge in [-0.3, -0.25) is 23.4 Å². The average Bonchev–Trinajstić information content (AvgIpc) is 3.35. The highest BCUT2D eigenvalue weighted by molar-refractivity contribution is 7.47. The lowest BCUT2D eigenvalue weighted by atomic mass is 10.1. The highest BCUT2D eigenvalue weighted by Crippen LogP contribution is 2.43. The molecule has 0 aromatic carbocycles. The highest BCUT2D eigenvalue weighted by atomic mass is 31.2. The molecule has 0 aliphatic carbocycles. The van der Waals surface area contributed by atoms with Crippen LogP contribution in [0.4, 0.5) is 0 Å². The van der Waals surface area contributed by atoms with Crippen LogP contribution >= 0.6 is 7.82 Å². The van der Waals surface area contributed by atoms with Gasteiger partial charge in [0.15, 0.2) is 6.10 Å². The third-order valence-electron chi connectivity index (χ3n) is 10.4. The Kier molecular flexibility index (Phi) is 48.2. The molecule has 396 valence electrons. The number of allylic oxidation sites excluding steroid dienone is 20. The monoisotopic (exact) mass is 997 g/mol. The molecule has 0 spiro atoms. The normalized spacial score (nSPS) is 14.4. The van der Waals surface area contributed by atoms with Crippen LogP contribution in [0.15, 0.2) is 122 Å². The molecule has 0 fully saturated rings. The first-order chi connectivity index (χ1) is 34.2. The summed E-state index contributed by atoms with van der Waals surface area (Å²) in [5.41, 5.74) is 0. The van der Waals surface area contributed by atoms with Crippen LogP contribution < -0.4 is 0 Å². The molecule has 0 radical (unpaired) electrons. The Hall–Kier alpha value is -4.12. The number of unbranched alkanes of at least 4 members (excludes halogenated alkanes) is 10. The summed E-state index contributed by atoms with van der Waals surface area (Å²) in [7, 11) is -4.77. The Bertz CT molecular complexity index is 1630. The summed E-state index contributed by atoms with van der Waals surface area (Å²) in [4.78, 5) is 48.3. The van der Waals surface area contributed by atoms with Crippen molar-refractivity contribution in [2.75, 3.05) is 26.4 Å². The maximum Gasteiger partial charge on any atom is 0.472 e. The van der Waals surface area contributed by atoms with Crippen molar-refractivity contribution in [3.05, 3.63) is 122 Å². The van der Waals surface area contributed by atoms with E-state index in [1.165, 1.54) is 0 Å². The Morgan fingerprint density at radius 3 is 1.13 bits per heavy atom. The zero-order chi connectivity index (χ0) is 51.3. The van der Waals surface area contributed by atoms with Crippen molar-refractivity contribution in [3.8, 4) is 0 Å². The lowest BCUT2D eigenvalue weighted by molar-refractivity contribution is -0.161. The molecule has 3 atom stereocenters. The second-order valence-electron chi connectivity index (χ2n) is 16.9. The van der Waals surface area contributed by atoms with Gasteiger partial charge in [-0.15, -0.1) is 0 Å². The molecular weight excluding hydrogens is 904 g/mol. The molecule has 0 saturated heterocycles. The Labute approximate surface area is 424 Å². The van der Waals surface area contributed by atoms with Crippen molar-refractivity contribution >= 4 is 25.7 Å². The molecule has 0 aromatic rings. The predicted molar refractivity (Wildman–Crippen MR) is 288 cm³/mol. The molecule has 0 aliphatic rings. The first kappa shape index (κ1) is 65.9. The molecule has 0 saturated carbocycles. The van der Waals surface area contributed by atoms with E-state index in [4.69, 9.17) is 23.3 Å². The van der Waals surface area contributed by atoms with Gasteiger partial charge in [-0.25, -0.2) is 4.57 Å². The molecule has 70 heavy (non-hydrogen) atoms. The van der Waals surface area contributed by atoms with E-state index in [0.29, 0.717) is 19.3 Å². The minimum Gasteiger partial charge on any atom is -0.462 e. The molecule has 0 rings (SSSR count). The molecule has 0 amide bonds. The first-order valence-electron chi connectivity index (χ1n) is 26.4. The second kappa shape index (κ2) is 51.2. The summed E-state index contributed by atoms with van der Waals surface area (Å²) in [6.45, 7) is 4.15. The average molecular weight is 997 g/mol. The van der Waals surface area contributed by atoms with Gasteiger partial charge in [-0.2, -0.15) is 0 Å². The van der Waals surface area contributed by atoms with E-state index in [-0.39, 0.29) is 25.9 Å². The van der Waals surface area contributed by atoms with Crippen LogP contribution in [-0.2, 0) is 42.2 Å². The quantitative estimate of drug-likeness (QED) is 0.0197. The number of rotatable bonds is 47. The number of carbonyl (C=O) groups excluding carboxylic acids is 3. The Morgan fingerprint density at radius 1 is 0.400 bits per heavy atom. The van der Waals surface area contributed by atoms with Gasteiger partial charge < -0.3 is 24.2 Å². The Morgan fingerprint density at radius 2 is 0.729 bits per heavy atom. The van der Waals surface area contributed by atoms with Crippen LogP contribution in [0.5, 0.6) is 0 Å². The van der Waals surface area contributed by atoms with Crippen molar-refractivity contribution in [2.45, 2.75) is 200 Å². The largest absolute Gasteiger partial charge is 0.472 e. The molecular formula is C58H93O11P. The number of phosphoric ester groups is 1. The maximum atomic E-state index is 12.9. The van der Waals surface area contributed by atoms with Gasteiger partial charge in [0.25, 0.3) is 0 Å². The zero-order valence-electron chi connectivity index (χ0n) is 43.4. The maximum absolute atomic E-state index is 12.9. The van der Waals surface area contributed by atoms with Crippen LogP contribution in [0.2, 0.25) is 0 Å². The third-order valence-corrected chi connectivity index (χ3v) is 11.3. The summed E-state index contributed by atoms with van der Waals surface area (Å²) < 4.78 is 39.3.